The number of hydrogen-bond acceptors (Lipinski definition) is 4. The fourth-order valence-corrected chi connectivity index (χ4v) is 4.25. The van der Waals surface area contributed by atoms with E-state index in [2.05, 4.69) is 41.2 Å². The van der Waals surface area contributed by atoms with Gasteiger partial charge in [0.25, 0.3) is 0 Å². The van der Waals surface area contributed by atoms with Crippen LogP contribution in [0.5, 0.6) is 0 Å². The summed E-state index contributed by atoms with van der Waals surface area (Å²) in [5.41, 5.74) is 3.14. The lowest BCUT2D eigenvalue weighted by atomic mass is 10.0. The van der Waals surface area contributed by atoms with Gasteiger partial charge in [0.2, 0.25) is 0 Å². The first-order valence-electron chi connectivity index (χ1n) is 9.68. The lowest BCUT2D eigenvalue weighted by molar-refractivity contribution is 0.0988. The Labute approximate surface area is 159 Å². The zero-order chi connectivity index (χ0) is 19.0. The molecule has 142 valence electrons. The number of hydrogen-bond donors (Lipinski definition) is 0. The molecule has 2 aliphatic rings. The number of amides is 1. The molecule has 1 aromatic carbocycles. The summed E-state index contributed by atoms with van der Waals surface area (Å²) in [6.45, 7) is 8.49. The van der Waals surface area contributed by atoms with E-state index in [1.54, 1.807) is 6.20 Å². The molecule has 6 nitrogen and oxygen atoms in total. The number of Topliss-reactive ketones (excluding diaryl/α,β-unsaturated/α-hetero) is 1. The molecule has 0 bridgehead atoms. The smallest absolute Gasteiger partial charge is 0.322 e. The first-order chi connectivity index (χ1) is 13.0. The maximum absolute atomic E-state index is 12.7. The summed E-state index contributed by atoms with van der Waals surface area (Å²) >= 11 is 0. The third-order valence-corrected chi connectivity index (χ3v) is 5.78. The van der Waals surface area contributed by atoms with E-state index in [0.717, 1.165) is 32.7 Å². The van der Waals surface area contributed by atoms with Gasteiger partial charge in [-0.05, 0) is 24.3 Å². The van der Waals surface area contributed by atoms with Crippen molar-refractivity contribution in [3.63, 3.8) is 0 Å². The van der Waals surface area contributed by atoms with Crippen molar-refractivity contribution in [3.05, 3.63) is 53.3 Å². The summed E-state index contributed by atoms with van der Waals surface area (Å²) < 4.78 is 1.31. The first-order valence-corrected chi connectivity index (χ1v) is 9.68. The van der Waals surface area contributed by atoms with E-state index in [4.69, 9.17) is 0 Å². The third-order valence-electron chi connectivity index (χ3n) is 5.78. The van der Waals surface area contributed by atoms with Crippen LogP contribution in [0.2, 0.25) is 0 Å². The van der Waals surface area contributed by atoms with Gasteiger partial charge < -0.3 is 4.90 Å². The fourth-order valence-electron chi connectivity index (χ4n) is 4.25. The standard InChI is InChI=1S/C21H26N4O2/c1-3-20(26)17-8-22-25(14-17)21(27)24-12-18-10-23(11-19(18)13-24)9-16-6-4-15(2)5-7-16/h4-8,14,18-19H,3,9-13H2,1-2H3. The van der Waals surface area contributed by atoms with Crippen molar-refractivity contribution < 1.29 is 9.59 Å². The normalized spacial score (nSPS) is 22.2. The number of benzene rings is 1. The molecule has 2 aliphatic heterocycles. The Morgan fingerprint density at radius 2 is 1.74 bits per heavy atom. The van der Waals surface area contributed by atoms with Crippen LogP contribution in [0, 0.1) is 18.8 Å². The van der Waals surface area contributed by atoms with Gasteiger partial charge in [-0.3, -0.25) is 9.69 Å². The van der Waals surface area contributed by atoms with Gasteiger partial charge in [0.15, 0.2) is 5.78 Å². The molecule has 0 aliphatic carbocycles. The predicted molar refractivity (Wildman–Crippen MR) is 103 cm³/mol. The Morgan fingerprint density at radius 1 is 1.07 bits per heavy atom. The molecule has 0 spiro atoms. The van der Waals surface area contributed by atoms with Crippen molar-refractivity contribution >= 4 is 11.8 Å². The number of nitrogens with zero attached hydrogens (tertiary/aromatic N) is 4. The second kappa shape index (κ2) is 7.27. The Hall–Kier alpha value is -2.47. The fraction of sp³-hybridized carbons (Fsp3) is 0.476. The summed E-state index contributed by atoms with van der Waals surface area (Å²) in [6, 6.07) is 8.60. The molecular weight excluding hydrogens is 340 g/mol. The molecule has 0 N–H and O–H groups in total. The highest BCUT2D eigenvalue weighted by Gasteiger charge is 2.41. The van der Waals surface area contributed by atoms with Crippen molar-refractivity contribution in [2.24, 2.45) is 11.8 Å². The summed E-state index contributed by atoms with van der Waals surface area (Å²) in [4.78, 5) is 28.8. The molecule has 3 heterocycles. The van der Waals surface area contributed by atoms with Gasteiger partial charge in [0.1, 0.15) is 0 Å². The van der Waals surface area contributed by atoms with Crippen molar-refractivity contribution in [2.45, 2.75) is 26.8 Å². The van der Waals surface area contributed by atoms with E-state index >= 15 is 0 Å². The van der Waals surface area contributed by atoms with E-state index in [1.165, 1.54) is 22.0 Å². The van der Waals surface area contributed by atoms with E-state index in [-0.39, 0.29) is 11.8 Å². The predicted octanol–water partition coefficient (Wildman–Crippen LogP) is 2.82. The minimum Gasteiger partial charge on any atom is -0.322 e. The molecule has 6 heteroatoms. The third kappa shape index (κ3) is 3.67. The summed E-state index contributed by atoms with van der Waals surface area (Å²) in [6.07, 6.45) is 3.47. The molecule has 2 saturated heterocycles. The zero-order valence-electron chi connectivity index (χ0n) is 16.0. The van der Waals surface area contributed by atoms with Crippen LogP contribution >= 0.6 is 0 Å². The largest absolute Gasteiger partial charge is 0.344 e. The summed E-state index contributed by atoms with van der Waals surface area (Å²) in [5, 5.41) is 4.10. The van der Waals surface area contributed by atoms with Crippen LogP contribution in [-0.2, 0) is 6.54 Å². The zero-order valence-corrected chi connectivity index (χ0v) is 16.0. The van der Waals surface area contributed by atoms with Crippen LogP contribution in [0.3, 0.4) is 0 Å². The van der Waals surface area contributed by atoms with Gasteiger partial charge >= 0.3 is 6.03 Å². The average Bonchev–Trinajstić information content (AvgIpc) is 3.37. The van der Waals surface area contributed by atoms with E-state index in [0.29, 0.717) is 23.8 Å². The number of aromatic nitrogens is 2. The Bertz CT molecular complexity index is 828. The van der Waals surface area contributed by atoms with Gasteiger partial charge in [0, 0.05) is 45.3 Å². The van der Waals surface area contributed by atoms with Crippen LogP contribution in [-0.4, -0.2) is 57.6 Å². The minimum atomic E-state index is -0.121. The number of ketones is 1. The Morgan fingerprint density at radius 3 is 2.37 bits per heavy atom. The van der Waals surface area contributed by atoms with Crippen molar-refractivity contribution in [2.75, 3.05) is 26.2 Å². The van der Waals surface area contributed by atoms with Gasteiger partial charge in [-0.1, -0.05) is 36.8 Å². The highest BCUT2D eigenvalue weighted by atomic mass is 16.2. The lowest BCUT2D eigenvalue weighted by Crippen LogP contribution is -2.36. The van der Waals surface area contributed by atoms with Gasteiger partial charge in [-0.2, -0.15) is 9.78 Å². The van der Waals surface area contributed by atoms with E-state index in [9.17, 15) is 9.59 Å². The molecular formula is C21H26N4O2. The van der Waals surface area contributed by atoms with Crippen LogP contribution in [0.4, 0.5) is 4.79 Å². The number of likely N-dealkylation sites (tertiary alicyclic amines) is 2. The number of rotatable bonds is 4. The van der Waals surface area contributed by atoms with Crippen LogP contribution in [0.15, 0.2) is 36.7 Å². The SMILES string of the molecule is CCC(=O)c1cnn(C(=O)N2CC3CN(Cc4ccc(C)cc4)CC3C2)c1. The first kappa shape index (κ1) is 17.9. The molecule has 1 amide bonds. The van der Waals surface area contributed by atoms with Crippen LogP contribution in [0.1, 0.15) is 34.8 Å². The second-order valence-corrected chi connectivity index (χ2v) is 7.84. The van der Waals surface area contributed by atoms with Gasteiger partial charge in [0.05, 0.1) is 11.8 Å². The minimum absolute atomic E-state index is 0.0130. The van der Waals surface area contributed by atoms with Crippen molar-refractivity contribution in [1.29, 1.82) is 0 Å². The van der Waals surface area contributed by atoms with Crippen LogP contribution in [0.25, 0.3) is 0 Å². The average molecular weight is 366 g/mol. The molecule has 2 fully saturated rings. The monoisotopic (exact) mass is 366 g/mol. The molecule has 4 rings (SSSR count). The topological polar surface area (TPSA) is 58.4 Å². The van der Waals surface area contributed by atoms with E-state index < -0.39 is 0 Å². The number of carbonyl (C=O) groups is 2. The molecule has 2 unspecified atom stereocenters. The van der Waals surface area contributed by atoms with Crippen molar-refractivity contribution in [1.82, 2.24) is 19.6 Å². The van der Waals surface area contributed by atoms with Crippen molar-refractivity contribution in [3.8, 4) is 0 Å². The molecule has 1 aromatic heterocycles. The van der Waals surface area contributed by atoms with E-state index in [1.807, 2.05) is 11.8 Å². The number of carbonyl (C=O) groups excluding carboxylic acids is 2. The van der Waals surface area contributed by atoms with Gasteiger partial charge in [-0.15, -0.1) is 0 Å². The highest BCUT2D eigenvalue weighted by molar-refractivity contribution is 5.96. The number of aryl methyl sites for hydroxylation is 1. The summed E-state index contributed by atoms with van der Waals surface area (Å²) in [5.74, 6) is 1.05. The molecule has 27 heavy (non-hydrogen) atoms. The maximum atomic E-state index is 12.7. The highest BCUT2D eigenvalue weighted by Crippen LogP contribution is 2.32. The van der Waals surface area contributed by atoms with Crippen LogP contribution < -0.4 is 0 Å². The maximum Gasteiger partial charge on any atom is 0.344 e. The molecule has 0 radical (unpaired) electrons. The van der Waals surface area contributed by atoms with Gasteiger partial charge in [-0.25, -0.2) is 4.79 Å². The Balaban J connectivity index is 1.34. The second-order valence-electron chi connectivity index (χ2n) is 7.84. The summed E-state index contributed by atoms with van der Waals surface area (Å²) in [7, 11) is 0. The Kier molecular flexibility index (Phi) is 4.83. The number of fused-ring (bicyclic) bond motifs is 1. The molecule has 0 saturated carbocycles. The molecule has 2 atom stereocenters. The molecule has 2 aromatic rings. The quantitative estimate of drug-likeness (QED) is 0.781. The lowest BCUT2D eigenvalue weighted by Gasteiger charge is -2.21.